The van der Waals surface area contributed by atoms with E-state index in [0.717, 1.165) is 4.11 Å². The molecule has 0 heterocycles. The Bertz CT molecular complexity index is 945. The molecule has 0 unspecified atom stereocenters. The maximum absolute atomic E-state index is 6.31. The van der Waals surface area contributed by atoms with E-state index in [1.165, 1.54) is 33.0 Å². The minimum absolute atomic E-state index is 1.12. The van der Waals surface area contributed by atoms with E-state index in [1.54, 1.807) is 0 Å². The molecule has 0 nitrogen and oxygen atoms in total. The fourth-order valence-electron chi connectivity index (χ4n) is 2.99. The number of hydrogen-bond acceptors (Lipinski definition) is 0. The van der Waals surface area contributed by atoms with E-state index in [2.05, 4.69) is 66.7 Å². The van der Waals surface area contributed by atoms with Crippen LogP contribution in [0.2, 0.25) is 0 Å². The van der Waals surface area contributed by atoms with Crippen LogP contribution in [0.15, 0.2) is 72.8 Å². The molecular weight excluding hydrogens is 400 g/mol. The van der Waals surface area contributed by atoms with Crippen molar-refractivity contribution in [3.8, 4) is 0 Å². The third kappa shape index (κ3) is 2.29. The summed E-state index contributed by atoms with van der Waals surface area (Å²) in [7, 11) is 12.6. The summed E-state index contributed by atoms with van der Waals surface area (Å²) in [6, 6.07) is 23.3. The molecular formula is C19H12Cl2Ru. The van der Waals surface area contributed by atoms with Crippen molar-refractivity contribution in [2.24, 2.45) is 0 Å². The molecule has 0 N–H and O–H groups in total. The van der Waals surface area contributed by atoms with E-state index < -0.39 is 13.5 Å². The quantitative estimate of drug-likeness (QED) is 0.448. The normalized spacial score (nSPS) is 14.0. The molecule has 0 saturated carbocycles. The minimum atomic E-state index is -1.94. The van der Waals surface area contributed by atoms with Crippen LogP contribution >= 0.6 is 19.4 Å². The zero-order chi connectivity index (χ0) is 15.1. The van der Waals surface area contributed by atoms with Crippen molar-refractivity contribution in [1.82, 2.24) is 0 Å². The van der Waals surface area contributed by atoms with Gasteiger partial charge < -0.3 is 0 Å². The molecule has 3 aromatic rings. The van der Waals surface area contributed by atoms with E-state index in [4.69, 9.17) is 19.4 Å². The standard InChI is InChI=1S/C19H12.2ClH.Ru/c1-3-9-16-14(6-1)8-5-11-18(16)19-13-12-15-7-2-4-10-17(15)19;;;/h1-11,13H;2*1H;/q;;;+2/p-2. The van der Waals surface area contributed by atoms with Gasteiger partial charge in [0.05, 0.1) is 0 Å². The molecule has 0 atom stereocenters. The van der Waals surface area contributed by atoms with Gasteiger partial charge in [-0.2, -0.15) is 0 Å². The second kappa shape index (κ2) is 5.74. The fourth-order valence-corrected chi connectivity index (χ4v) is 5.47. The van der Waals surface area contributed by atoms with Crippen molar-refractivity contribution < 1.29 is 13.5 Å². The van der Waals surface area contributed by atoms with Gasteiger partial charge in [-0.25, -0.2) is 0 Å². The molecule has 0 radical (unpaired) electrons. The Labute approximate surface area is 142 Å². The van der Waals surface area contributed by atoms with Crippen molar-refractivity contribution in [2.75, 3.05) is 0 Å². The Hall–Kier alpha value is -1.27. The number of rotatable bonds is 1. The zero-order valence-electron chi connectivity index (χ0n) is 11.5. The van der Waals surface area contributed by atoms with Crippen molar-refractivity contribution in [1.29, 1.82) is 0 Å². The summed E-state index contributed by atoms with van der Waals surface area (Å²) in [5.74, 6) is 0. The van der Waals surface area contributed by atoms with Gasteiger partial charge in [-0.15, -0.1) is 0 Å². The van der Waals surface area contributed by atoms with E-state index >= 15 is 0 Å². The summed E-state index contributed by atoms with van der Waals surface area (Å²) < 4.78 is 1.12. The van der Waals surface area contributed by atoms with Crippen LogP contribution in [0.3, 0.4) is 0 Å². The zero-order valence-corrected chi connectivity index (χ0v) is 14.8. The Morgan fingerprint density at radius 1 is 0.636 bits per heavy atom. The van der Waals surface area contributed by atoms with Crippen molar-refractivity contribution in [2.45, 2.75) is 0 Å². The molecule has 3 heteroatoms. The molecule has 0 amide bonds. The van der Waals surface area contributed by atoms with Gasteiger partial charge in [-0.05, 0) is 0 Å². The van der Waals surface area contributed by atoms with E-state index in [0.29, 0.717) is 0 Å². The van der Waals surface area contributed by atoms with Crippen molar-refractivity contribution in [3.63, 3.8) is 0 Å². The Kier molecular flexibility index (Phi) is 3.74. The monoisotopic (exact) mass is 412 g/mol. The van der Waals surface area contributed by atoms with Gasteiger partial charge in [0.25, 0.3) is 0 Å². The van der Waals surface area contributed by atoms with Crippen LogP contribution in [0.1, 0.15) is 16.7 Å². The van der Waals surface area contributed by atoms with Gasteiger partial charge >= 0.3 is 143 Å². The summed E-state index contributed by atoms with van der Waals surface area (Å²) in [4.78, 5) is 0. The summed E-state index contributed by atoms with van der Waals surface area (Å²) in [6.45, 7) is 0. The SMILES string of the molecule is [Cl][Ru]([Cl])=[C]1C=C(c2cccc3ccccc23)c2ccccc21. The molecule has 0 spiro atoms. The van der Waals surface area contributed by atoms with Crippen LogP contribution in [0.25, 0.3) is 16.3 Å². The topological polar surface area (TPSA) is 0 Å². The van der Waals surface area contributed by atoms with Crippen LogP contribution in [0, 0.1) is 0 Å². The second-order valence-corrected chi connectivity index (χ2v) is 11.0. The van der Waals surface area contributed by atoms with Crippen LogP contribution in [0.5, 0.6) is 0 Å². The summed E-state index contributed by atoms with van der Waals surface area (Å²) in [5, 5.41) is 2.51. The van der Waals surface area contributed by atoms with E-state index in [-0.39, 0.29) is 0 Å². The van der Waals surface area contributed by atoms with Gasteiger partial charge in [-0.3, -0.25) is 0 Å². The average Bonchev–Trinajstić information content (AvgIpc) is 2.94. The third-order valence-electron chi connectivity index (χ3n) is 3.96. The van der Waals surface area contributed by atoms with Gasteiger partial charge in [0.1, 0.15) is 0 Å². The van der Waals surface area contributed by atoms with E-state index in [1.807, 2.05) is 6.07 Å². The van der Waals surface area contributed by atoms with Gasteiger partial charge in [0, 0.05) is 0 Å². The molecule has 0 bridgehead atoms. The molecule has 3 aromatic carbocycles. The molecule has 22 heavy (non-hydrogen) atoms. The molecule has 0 aromatic heterocycles. The predicted octanol–water partition coefficient (Wildman–Crippen LogP) is 5.73. The summed E-state index contributed by atoms with van der Waals surface area (Å²) in [6.07, 6.45) is 2.19. The third-order valence-corrected chi connectivity index (χ3v) is 7.09. The Balaban J connectivity index is 2.04. The molecule has 1 aliphatic rings. The van der Waals surface area contributed by atoms with Crippen LogP contribution in [-0.4, -0.2) is 4.11 Å². The molecule has 0 fully saturated rings. The molecule has 1 aliphatic carbocycles. The van der Waals surface area contributed by atoms with Crippen molar-refractivity contribution >= 4 is 39.8 Å². The number of hydrogen-bond donors (Lipinski definition) is 0. The van der Waals surface area contributed by atoms with E-state index in [9.17, 15) is 0 Å². The second-order valence-electron chi connectivity index (χ2n) is 5.15. The first-order valence-electron chi connectivity index (χ1n) is 6.92. The van der Waals surface area contributed by atoms with Crippen LogP contribution < -0.4 is 0 Å². The Morgan fingerprint density at radius 3 is 2.09 bits per heavy atom. The first-order valence-corrected chi connectivity index (χ1v) is 12.3. The predicted molar refractivity (Wildman–Crippen MR) is 93.3 cm³/mol. The van der Waals surface area contributed by atoms with Crippen LogP contribution in [0.4, 0.5) is 0 Å². The number of fused-ring (bicyclic) bond motifs is 2. The molecule has 0 saturated heterocycles. The average molecular weight is 412 g/mol. The molecule has 4 rings (SSSR count). The number of allylic oxidation sites excluding steroid dienone is 1. The first-order chi connectivity index (χ1) is 10.8. The van der Waals surface area contributed by atoms with Crippen molar-refractivity contribution in [3.05, 3.63) is 89.5 Å². The molecule has 110 valence electrons. The number of benzene rings is 3. The van der Waals surface area contributed by atoms with Gasteiger partial charge in [-0.1, -0.05) is 0 Å². The summed E-state index contributed by atoms with van der Waals surface area (Å²) in [5.41, 5.74) is 4.88. The maximum atomic E-state index is 6.31. The van der Waals surface area contributed by atoms with Gasteiger partial charge in [0.15, 0.2) is 0 Å². The number of halogens is 2. The van der Waals surface area contributed by atoms with Gasteiger partial charge in [0.2, 0.25) is 0 Å². The molecule has 0 aliphatic heterocycles. The van der Waals surface area contributed by atoms with Crippen LogP contribution in [-0.2, 0) is 13.5 Å². The summed E-state index contributed by atoms with van der Waals surface area (Å²) >= 11 is -1.94. The first kappa shape index (κ1) is 14.3. The fraction of sp³-hybridized carbons (Fsp3) is 0. The Morgan fingerprint density at radius 2 is 1.27 bits per heavy atom.